The van der Waals surface area contributed by atoms with Gasteiger partial charge < -0.3 is 9.84 Å². The fourth-order valence-electron chi connectivity index (χ4n) is 3.20. The maximum Gasteiger partial charge on any atom is 0.233 e. The van der Waals surface area contributed by atoms with Gasteiger partial charge in [0.15, 0.2) is 0 Å². The zero-order valence-corrected chi connectivity index (χ0v) is 13.7. The highest BCUT2D eigenvalue weighted by atomic mass is 19.1. The minimum absolute atomic E-state index is 0.286. The van der Waals surface area contributed by atoms with Crippen molar-refractivity contribution in [3.05, 3.63) is 53.5 Å². The molecular weight excluding hydrogens is 309 g/mol. The lowest BCUT2D eigenvalue weighted by Crippen LogP contribution is -2.30. The summed E-state index contributed by atoms with van der Waals surface area (Å²) in [4.78, 5) is 2.32. The van der Waals surface area contributed by atoms with Crippen LogP contribution in [0, 0.1) is 5.82 Å². The lowest BCUT2D eigenvalue weighted by Gasteiger charge is -2.26. The van der Waals surface area contributed by atoms with Crippen LogP contribution in [0.3, 0.4) is 0 Å². The predicted octanol–water partition coefficient (Wildman–Crippen LogP) is 2.71. The minimum atomic E-state index is -0.585. The molecule has 1 N–H and O–H groups in total. The zero-order chi connectivity index (χ0) is 16.9. The molecule has 0 aliphatic carbocycles. The number of aliphatic hydroxyl groups excluding tert-OH is 1. The standard InChI is InChI=1S/C18H22FN3O2/c1-24-18-9-8-15(20-21-18)12-22-10-2-3-16(22)11-17(23)13-4-6-14(19)7-5-13/h4-9,16-17,23H,2-3,10-12H2,1H3/t16-,17-/m1/s1. The van der Waals surface area contributed by atoms with Gasteiger partial charge >= 0.3 is 0 Å². The molecule has 0 unspecified atom stereocenters. The molecule has 6 heteroatoms. The monoisotopic (exact) mass is 331 g/mol. The first kappa shape index (κ1) is 16.8. The number of rotatable bonds is 6. The van der Waals surface area contributed by atoms with E-state index in [1.807, 2.05) is 6.07 Å². The summed E-state index contributed by atoms with van der Waals surface area (Å²) in [5, 5.41) is 18.6. The van der Waals surface area contributed by atoms with Gasteiger partial charge in [0.2, 0.25) is 5.88 Å². The summed E-state index contributed by atoms with van der Waals surface area (Å²) < 4.78 is 18.0. The largest absolute Gasteiger partial charge is 0.480 e. The molecule has 0 amide bonds. The Balaban J connectivity index is 1.61. The van der Waals surface area contributed by atoms with Crippen LogP contribution in [0.1, 0.15) is 36.6 Å². The molecule has 0 saturated carbocycles. The number of hydrogen-bond acceptors (Lipinski definition) is 5. The van der Waals surface area contributed by atoms with Crippen LogP contribution in [0.4, 0.5) is 4.39 Å². The summed E-state index contributed by atoms with van der Waals surface area (Å²) in [6, 6.07) is 10.1. The number of aromatic nitrogens is 2. The Hall–Kier alpha value is -2.05. The van der Waals surface area contributed by atoms with Crippen LogP contribution in [-0.2, 0) is 6.54 Å². The second-order valence-electron chi connectivity index (χ2n) is 6.14. The van der Waals surface area contributed by atoms with E-state index in [9.17, 15) is 9.50 Å². The molecule has 0 bridgehead atoms. The highest BCUT2D eigenvalue weighted by Gasteiger charge is 2.27. The average Bonchev–Trinajstić information content (AvgIpc) is 3.03. The quantitative estimate of drug-likeness (QED) is 0.882. The Labute approximate surface area is 141 Å². The third kappa shape index (κ3) is 4.07. The van der Waals surface area contributed by atoms with E-state index in [4.69, 9.17) is 4.74 Å². The smallest absolute Gasteiger partial charge is 0.233 e. The molecule has 1 aliphatic rings. The maximum absolute atomic E-state index is 13.0. The number of aliphatic hydroxyl groups is 1. The molecule has 0 spiro atoms. The summed E-state index contributed by atoms with van der Waals surface area (Å²) in [7, 11) is 1.57. The third-order valence-electron chi connectivity index (χ3n) is 4.52. The van der Waals surface area contributed by atoms with Crippen molar-refractivity contribution in [2.24, 2.45) is 0 Å². The Morgan fingerprint density at radius 3 is 2.71 bits per heavy atom. The molecular formula is C18H22FN3O2. The van der Waals surface area contributed by atoms with E-state index < -0.39 is 6.10 Å². The minimum Gasteiger partial charge on any atom is -0.480 e. The molecule has 24 heavy (non-hydrogen) atoms. The second kappa shape index (κ2) is 7.68. The molecule has 3 rings (SSSR count). The molecule has 1 saturated heterocycles. The van der Waals surface area contributed by atoms with Gasteiger partial charge in [0.05, 0.1) is 18.9 Å². The number of benzene rings is 1. The van der Waals surface area contributed by atoms with E-state index in [2.05, 4.69) is 15.1 Å². The van der Waals surface area contributed by atoms with E-state index in [1.54, 1.807) is 25.3 Å². The molecule has 1 fully saturated rings. The van der Waals surface area contributed by atoms with Gasteiger partial charge in [-0.2, -0.15) is 5.10 Å². The van der Waals surface area contributed by atoms with Crippen molar-refractivity contribution in [3.63, 3.8) is 0 Å². The van der Waals surface area contributed by atoms with Crippen molar-refractivity contribution in [3.8, 4) is 5.88 Å². The number of halogens is 1. The number of nitrogens with zero attached hydrogens (tertiary/aromatic N) is 3. The number of hydrogen-bond donors (Lipinski definition) is 1. The third-order valence-corrected chi connectivity index (χ3v) is 4.52. The maximum atomic E-state index is 13.0. The first-order valence-electron chi connectivity index (χ1n) is 8.20. The van der Waals surface area contributed by atoms with Gasteiger partial charge in [0.25, 0.3) is 0 Å². The van der Waals surface area contributed by atoms with E-state index in [-0.39, 0.29) is 11.9 Å². The average molecular weight is 331 g/mol. The lowest BCUT2D eigenvalue weighted by atomic mass is 10.0. The summed E-state index contributed by atoms with van der Waals surface area (Å²) in [5.41, 5.74) is 1.64. The van der Waals surface area contributed by atoms with Crippen molar-refractivity contribution in [1.82, 2.24) is 15.1 Å². The number of likely N-dealkylation sites (tertiary alicyclic amines) is 1. The Morgan fingerprint density at radius 1 is 1.25 bits per heavy atom. The SMILES string of the molecule is COc1ccc(CN2CCC[C@@H]2C[C@@H](O)c2ccc(F)cc2)nn1. The predicted molar refractivity (Wildman–Crippen MR) is 88.0 cm³/mol. The fourth-order valence-corrected chi connectivity index (χ4v) is 3.20. The van der Waals surface area contributed by atoms with Gasteiger partial charge in [-0.1, -0.05) is 12.1 Å². The highest BCUT2D eigenvalue weighted by Crippen LogP contribution is 2.28. The van der Waals surface area contributed by atoms with Crippen molar-refractivity contribution in [2.45, 2.75) is 38.0 Å². The molecule has 1 aromatic carbocycles. The first-order valence-corrected chi connectivity index (χ1v) is 8.20. The Morgan fingerprint density at radius 2 is 2.04 bits per heavy atom. The van der Waals surface area contributed by atoms with Crippen LogP contribution in [0.2, 0.25) is 0 Å². The Bertz CT molecular complexity index is 648. The van der Waals surface area contributed by atoms with Gasteiger partial charge in [0.1, 0.15) is 5.82 Å². The first-order chi connectivity index (χ1) is 11.7. The van der Waals surface area contributed by atoms with Crippen LogP contribution in [0.25, 0.3) is 0 Å². The molecule has 1 aliphatic heterocycles. The van der Waals surface area contributed by atoms with E-state index in [1.165, 1.54) is 12.1 Å². The highest BCUT2D eigenvalue weighted by molar-refractivity contribution is 5.19. The van der Waals surface area contributed by atoms with Crippen LogP contribution >= 0.6 is 0 Å². The van der Waals surface area contributed by atoms with Crippen molar-refractivity contribution in [1.29, 1.82) is 0 Å². The van der Waals surface area contributed by atoms with Gasteiger partial charge in [-0.25, -0.2) is 4.39 Å². The van der Waals surface area contributed by atoms with Gasteiger partial charge in [-0.05, 0) is 49.6 Å². The fraction of sp³-hybridized carbons (Fsp3) is 0.444. The van der Waals surface area contributed by atoms with Gasteiger partial charge in [-0.3, -0.25) is 4.90 Å². The van der Waals surface area contributed by atoms with E-state index in [0.29, 0.717) is 18.8 Å². The second-order valence-corrected chi connectivity index (χ2v) is 6.14. The Kier molecular flexibility index (Phi) is 5.37. The molecule has 5 nitrogen and oxygen atoms in total. The molecule has 0 radical (unpaired) electrons. The van der Waals surface area contributed by atoms with Crippen LogP contribution in [0.5, 0.6) is 5.88 Å². The summed E-state index contributed by atoms with van der Waals surface area (Å²) in [6.07, 6.45) is 2.19. The van der Waals surface area contributed by atoms with Crippen molar-refractivity contribution < 1.29 is 14.2 Å². The zero-order valence-electron chi connectivity index (χ0n) is 13.7. The number of ether oxygens (including phenoxy) is 1. The molecule has 1 aromatic heterocycles. The molecule has 128 valence electrons. The molecule has 2 heterocycles. The summed E-state index contributed by atoms with van der Waals surface area (Å²) in [5.74, 6) is 0.218. The van der Waals surface area contributed by atoms with Crippen LogP contribution in [-0.4, -0.2) is 39.9 Å². The normalized spacial score (nSPS) is 19.4. The topological polar surface area (TPSA) is 58.5 Å². The molecule has 2 atom stereocenters. The van der Waals surface area contributed by atoms with Crippen molar-refractivity contribution in [2.75, 3.05) is 13.7 Å². The van der Waals surface area contributed by atoms with Gasteiger partial charge in [0, 0.05) is 18.7 Å². The van der Waals surface area contributed by atoms with Crippen LogP contribution < -0.4 is 4.74 Å². The summed E-state index contributed by atoms with van der Waals surface area (Å²) >= 11 is 0. The van der Waals surface area contributed by atoms with Crippen molar-refractivity contribution >= 4 is 0 Å². The molecule has 2 aromatic rings. The number of methoxy groups -OCH3 is 1. The van der Waals surface area contributed by atoms with Gasteiger partial charge in [-0.15, -0.1) is 5.10 Å². The van der Waals surface area contributed by atoms with E-state index >= 15 is 0 Å². The lowest BCUT2D eigenvalue weighted by molar-refractivity contribution is 0.117. The van der Waals surface area contributed by atoms with Crippen LogP contribution in [0.15, 0.2) is 36.4 Å². The van der Waals surface area contributed by atoms with E-state index in [0.717, 1.165) is 30.6 Å². The summed E-state index contributed by atoms with van der Waals surface area (Å²) in [6.45, 7) is 1.69.